The molecule has 4 heteroatoms. The van der Waals surface area contributed by atoms with Gasteiger partial charge in [-0.05, 0) is 36.1 Å². The molecular weight excluding hydrogens is 300 g/mol. The number of hydrogen-bond acceptors (Lipinski definition) is 3. The molecule has 2 aliphatic heterocycles. The van der Waals surface area contributed by atoms with Gasteiger partial charge in [0.05, 0.1) is 18.2 Å². The highest BCUT2D eigenvalue weighted by Gasteiger charge is 2.43. The molecule has 0 N–H and O–H groups in total. The van der Waals surface area contributed by atoms with E-state index >= 15 is 0 Å². The van der Waals surface area contributed by atoms with Crippen LogP contribution in [0, 0.1) is 6.92 Å². The zero-order chi connectivity index (χ0) is 16.7. The quantitative estimate of drug-likeness (QED) is 0.799. The SMILES string of the molecule is Cc1ccccc1N1C(=O)C[C@H](N2CCc3ccccc3C2)C1=O. The first-order valence-corrected chi connectivity index (χ1v) is 8.38. The molecular formula is C20H20N2O2. The fourth-order valence-electron chi connectivity index (χ4n) is 3.75. The Kier molecular flexibility index (Phi) is 3.69. The summed E-state index contributed by atoms with van der Waals surface area (Å²) in [4.78, 5) is 29.0. The molecule has 24 heavy (non-hydrogen) atoms. The molecule has 2 amide bonds. The van der Waals surface area contributed by atoms with Crippen LogP contribution in [0.1, 0.15) is 23.1 Å². The van der Waals surface area contributed by atoms with Crippen LogP contribution in [0.15, 0.2) is 48.5 Å². The molecule has 1 saturated heterocycles. The number of hydrogen-bond donors (Lipinski definition) is 0. The topological polar surface area (TPSA) is 40.6 Å². The zero-order valence-electron chi connectivity index (χ0n) is 13.7. The van der Waals surface area contributed by atoms with Gasteiger partial charge in [-0.2, -0.15) is 0 Å². The highest BCUT2D eigenvalue weighted by molar-refractivity contribution is 6.22. The van der Waals surface area contributed by atoms with Crippen LogP contribution in [0.3, 0.4) is 0 Å². The molecule has 2 aromatic carbocycles. The maximum atomic E-state index is 12.9. The average Bonchev–Trinajstić information content (AvgIpc) is 2.90. The highest BCUT2D eigenvalue weighted by Crippen LogP contribution is 2.30. The van der Waals surface area contributed by atoms with Crippen molar-refractivity contribution in [1.29, 1.82) is 0 Å². The number of rotatable bonds is 2. The van der Waals surface area contributed by atoms with E-state index in [4.69, 9.17) is 0 Å². The smallest absolute Gasteiger partial charge is 0.251 e. The highest BCUT2D eigenvalue weighted by atomic mass is 16.2. The van der Waals surface area contributed by atoms with E-state index in [1.807, 2.05) is 37.3 Å². The molecule has 122 valence electrons. The van der Waals surface area contributed by atoms with Crippen molar-refractivity contribution in [2.45, 2.75) is 32.4 Å². The van der Waals surface area contributed by atoms with E-state index in [1.54, 1.807) is 0 Å². The van der Waals surface area contributed by atoms with Crippen molar-refractivity contribution in [2.75, 3.05) is 11.4 Å². The monoisotopic (exact) mass is 320 g/mol. The molecule has 0 aromatic heterocycles. The summed E-state index contributed by atoms with van der Waals surface area (Å²) in [6.45, 7) is 3.49. The summed E-state index contributed by atoms with van der Waals surface area (Å²) >= 11 is 0. The predicted octanol–water partition coefficient (Wildman–Crippen LogP) is 2.69. The van der Waals surface area contributed by atoms with Gasteiger partial charge in [-0.3, -0.25) is 14.5 Å². The second-order valence-electron chi connectivity index (χ2n) is 6.56. The van der Waals surface area contributed by atoms with Gasteiger partial charge in [0.25, 0.3) is 5.91 Å². The van der Waals surface area contributed by atoms with Gasteiger partial charge >= 0.3 is 0 Å². The molecule has 2 aliphatic rings. The molecule has 0 aliphatic carbocycles. The zero-order valence-corrected chi connectivity index (χ0v) is 13.7. The molecule has 0 saturated carbocycles. The Morgan fingerprint density at radius 1 is 0.958 bits per heavy atom. The van der Waals surface area contributed by atoms with E-state index in [0.717, 1.165) is 25.1 Å². The van der Waals surface area contributed by atoms with Crippen molar-refractivity contribution in [3.63, 3.8) is 0 Å². The first-order valence-electron chi connectivity index (χ1n) is 8.38. The Morgan fingerprint density at radius 2 is 1.67 bits per heavy atom. The number of aryl methyl sites for hydroxylation is 1. The van der Waals surface area contributed by atoms with Gasteiger partial charge in [-0.1, -0.05) is 42.5 Å². The number of nitrogens with zero attached hydrogens (tertiary/aromatic N) is 2. The molecule has 4 rings (SSSR count). The van der Waals surface area contributed by atoms with Gasteiger partial charge in [-0.25, -0.2) is 4.90 Å². The Hall–Kier alpha value is -2.46. The van der Waals surface area contributed by atoms with E-state index in [9.17, 15) is 9.59 Å². The number of carbonyl (C=O) groups is 2. The van der Waals surface area contributed by atoms with Crippen LogP contribution in [0.25, 0.3) is 0 Å². The summed E-state index contributed by atoms with van der Waals surface area (Å²) in [5.41, 5.74) is 4.27. The van der Waals surface area contributed by atoms with Crippen LogP contribution in [-0.4, -0.2) is 29.3 Å². The fourth-order valence-corrected chi connectivity index (χ4v) is 3.75. The first-order chi connectivity index (χ1) is 11.6. The summed E-state index contributed by atoms with van der Waals surface area (Å²) in [5.74, 6) is -0.188. The summed E-state index contributed by atoms with van der Waals surface area (Å²) in [5, 5.41) is 0. The van der Waals surface area contributed by atoms with Gasteiger partial charge in [0.1, 0.15) is 0 Å². The first kappa shape index (κ1) is 15.1. The number of carbonyl (C=O) groups excluding carboxylic acids is 2. The number of anilines is 1. The van der Waals surface area contributed by atoms with Crippen LogP contribution in [0.5, 0.6) is 0 Å². The molecule has 2 heterocycles. The normalized spacial score (nSPS) is 21.2. The molecule has 2 aromatic rings. The van der Waals surface area contributed by atoms with Crippen molar-refractivity contribution in [3.05, 3.63) is 65.2 Å². The summed E-state index contributed by atoms with van der Waals surface area (Å²) in [7, 11) is 0. The van der Waals surface area contributed by atoms with Crippen molar-refractivity contribution in [2.24, 2.45) is 0 Å². The third kappa shape index (κ3) is 2.43. The lowest BCUT2D eigenvalue weighted by Crippen LogP contribution is -2.44. The summed E-state index contributed by atoms with van der Waals surface area (Å²) in [6.07, 6.45) is 1.20. The van der Waals surface area contributed by atoms with E-state index in [0.29, 0.717) is 5.69 Å². The molecule has 1 fully saturated rings. The lowest BCUT2D eigenvalue weighted by Gasteiger charge is -2.32. The standard InChI is InChI=1S/C20H20N2O2/c1-14-6-2-5-9-17(14)22-19(23)12-18(20(22)24)21-11-10-15-7-3-4-8-16(15)13-21/h2-9,18H,10-13H2,1H3/t18-/m0/s1. The van der Waals surface area contributed by atoms with E-state index in [-0.39, 0.29) is 24.3 Å². The van der Waals surface area contributed by atoms with Crippen LogP contribution in [-0.2, 0) is 22.6 Å². The number of benzene rings is 2. The molecule has 1 atom stereocenters. The fraction of sp³-hybridized carbons (Fsp3) is 0.300. The molecule has 0 spiro atoms. The third-order valence-electron chi connectivity index (χ3n) is 5.08. The van der Waals surface area contributed by atoms with Gasteiger partial charge < -0.3 is 0 Å². The lowest BCUT2D eigenvalue weighted by atomic mass is 9.98. The Balaban J connectivity index is 1.60. The molecule has 4 nitrogen and oxygen atoms in total. The number of imide groups is 1. The molecule has 0 unspecified atom stereocenters. The minimum absolute atomic E-state index is 0.0892. The predicted molar refractivity (Wildman–Crippen MR) is 92.6 cm³/mol. The van der Waals surface area contributed by atoms with Crippen LogP contribution >= 0.6 is 0 Å². The van der Waals surface area contributed by atoms with Crippen LogP contribution in [0.2, 0.25) is 0 Å². The Bertz CT molecular complexity index is 815. The van der Waals surface area contributed by atoms with E-state index < -0.39 is 0 Å². The second kappa shape index (κ2) is 5.87. The summed E-state index contributed by atoms with van der Waals surface area (Å²) < 4.78 is 0. The van der Waals surface area contributed by atoms with Crippen molar-refractivity contribution < 1.29 is 9.59 Å². The summed E-state index contributed by atoms with van der Waals surface area (Å²) in [6, 6.07) is 15.6. The number of amides is 2. The van der Waals surface area contributed by atoms with Crippen molar-refractivity contribution >= 4 is 17.5 Å². The van der Waals surface area contributed by atoms with Crippen LogP contribution in [0.4, 0.5) is 5.69 Å². The van der Waals surface area contributed by atoms with Crippen molar-refractivity contribution in [1.82, 2.24) is 4.90 Å². The number of fused-ring (bicyclic) bond motifs is 1. The maximum Gasteiger partial charge on any atom is 0.251 e. The third-order valence-corrected chi connectivity index (χ3v) is 5.08. The van der Waals surface area contributed by atoms with Gasteiger partial charge in [0.15, 0.2) is 0 Å². The second-order valence-corrected chi connectivity index (χ2v) is 6.56. The van der Waals surface area contributed by atoms with E-state index in [2.05, 4.69) is 23.1 Å². The van der Waals surface area contributed by atoms with Crippen LogP contribution < -0.4 is 4.90 Å². The molecule has 0 radical (unpaired) electrons. The van der Waals surface area contributed by atoms with E-state index in [1.165, 1.54) is 16.0 Å². The number of para-hydroxylation sites is 1. The Labute approximate surface area is 141 Å². The minimum atomic E-state index is -0.342. The largest absolute Gasteiger partial charge is 0.287 e. The van der Waals surface area contributed by atoms with Gasteiger partial charge in [0, 0.05) is 13.1 Å². The van der Waals surface area contributed by atoms with Crippen molar-refractivity contribution in [3.8, 4) is 0 Å². The van der Waals surface area contributed by atoms with Gasteiger partial charge in [0.2, 0.25) is 5.91 Å². The lowest BCUT2D eigenvalue weighted by molar-refractivity contribution is -0.123. The average molecular weight is 320 g/mol. The maximum absolute atomic E-state index is 12.9. The Morgan fingerprint density at radius 3 is 2.46 bits per heavy atom. The minimum Gasteiger partial charge on any atom is -0.287 e. The van der Waals surface area contributed by atoms with Gasteiger partial charge in [-0.15, -0.1) is 0 Å². The molecule has 0 bridgehead atoms.